The lowest BCUT2D eigenvalue weighted by molar-refractivity contribution is -0.129. The summed E-state index contributed by atoms with van der Waals surface area (Å²) in [7, 11) is 5.89. The number of nitrogens with zero attached hydrogens (tertiary/aromatic N) is 2. The van der Waals surface area contributed by atoms with E-state index in [2.05, 4.69) is 48.3 Å². The Morgan fingerprint density at radius 2 is 1.80 bits per heavy atom. The van der Waals surface area contributed by atoms with Crippen molar-refractivity contribution in [3.63, 3.8) is 0 Å². The quantitative estimate of drug-likeness (QED) is 0.829. The standard InChI is InChI=1S/C16H27N3O/c1-6-13(2)17-11-16(20)19(5)12-14-7-9-15(10-8-14)18(3)4/h7-10,13,17H,6,11-12H2,1-5H3. The van der Waals surface area contributed by atoms with Crippen LogP contribution in [-0.4, -0.2) is 44.5 Å². The predicted molar refractivity (Wildman–Crippen MR) is 85.0 cm³/mol. The van der Waals surface area contributed by atoms with Crippen LogP contribution in [0, 0.1) is 0 Å². The van der Waals surface area contributed by atoms with Gasteiger partial charge in [0.25, 0.3) is 0 Å². The molecule has 0 aliphatic rings. The van der Waals surface area contributed by atoms with Crippen LogP contribution in [0.5, 0.6) is 0 Å². The van der Waals surface area contributed by atoms with Crippen molar-refractivity contribution in [1.29, 1.82) is 0 Å². The van der Waals surface area contributed by atoms with Crippen LogP contribution in [0.2, 0.25) is 0 Å². The summed E-state index contributed by atoms with van der Waals surface area (Å²) in [6.07, 6.45) is 1.03. The smallest absolute Gasteiger partial charge is 0.236 e. The van der Waals surface area contributed by atoms with Crippen molar-refractivity contribution in [3.05, 3.63) is 29.8 Å². The number of anilines is 1. The number of likely N-dealkylation sites (N-methyl/N-ethyl adjacent to an activating group) is 1. The highest BCUT2D eigenvalue weighted by molar-refractivity contribution is 5.78. The Balaban J connectivity index is 2.48. The van der Waals surface area contributed by atoms with Gasteiger partial charge in [0.05, 0.1) is 6.54 Å². The topological polar surface area (TPSA) is 35.6 Å². The molecule has 1 rings (SSSR count). The monoisotopic (exact) mass is 277 g/mol. The zero-order valence-corrected chi connectivity index (χ0v) is 13.3. The molecule has 0 aliphatic carbocycles. The van der Waals surface area contributed by atoms with E-state index in [0.717, 1.165) is 12.0 Å². The van der Waals surface area contributed by atoms with Gasteiger partial charge >= 0.3 is 0 Å². The molecule has 0 aliphatic heterocycles. The normalized spacial score (nSPS) is 12.1. The van der Waals surface area contributed by atoms with Gasteiger partial charge in [0.1, 0.15) is 0 Å². The molecule has 0 aromatic heterocycles. The molecule has 4 nitrogen and oxygen atoms in total. The Morgan fingerprint density at radius 3 is 2.30 bits per heavy atom. The molecule has 1 amide bonds. The molecule has 0 fully saturated rings. The number of benzene rings is 1. The summed E-state index contributed by atoms with van der Waals surface area (Å²) in [5.41, 5.74) is 2.32. The minimum Gasteiger partial charge on any atom is -0.378 e. The SMILES string of the molecule is CCC(C)NCC(=O)N(C)Cc1ccc(N(C)C)cc1. The molecule has 1 unspecified atom stereocenters. The zero-order chi connectivity index (χ0) is 15.1. The lowest BCUT2D eigenvalue weighted by Gasteiger charge is -2.20. The fourth-order valence-electron chi connectivity index (χ4n) is 1.80. The van der Waals surface area contributed by atoms with Crippen LogP contribution in [0.15, 0.2) is 24.3 Å². The van der Waals surface area contributed by atoms with Gasteiger partial charge in [-0.15, -0.1) is 0 Å². The number of amides is 1. The number of carbonyl (C=O) groups is 1. The summed E-state index contributed by atoms with van der Waals surface area (Å²) in [5.74, 6) is 0.127. The maximum absolute atomic E-state index is 12.0. The van der Waals surface area contributed by atoms with Crippen molar-refractivity contribution in [2.24, 2.45) is 0 Å². The number of hydrogen-bond donors (Lipinski definition) is 1. The Morgan fingerprint density at radius 1 is 1.20 bits per heavy atom. The Labute approximate surface area is 122 Å². The van der Waals surface area contributed by atoms with Gasteiger partial charge in [0.2, 0.25) is 5.91 Å². The maximum atomic E-state index is 12.0. The summed E-state index contributed by atoms with van der Waals surface area (Å²) in [5, 5.41) is 3.22. The fourth-order valence-corrected chi connectivity index (χ4v) is 1.80. The average Bonchev–Trinajstić information content (AvgIpc) is 2.44. The van der Waals surface area contributed by atoms with E-state index >= 15 is 0 Å². The fraction of sp³-hybridized carbons (Fsp3) is 0.562. The maximum Gasteiger partial charge on any atom is 0.236 e. The first-order chi connectivity index (χ1) is 9.43. The van der Waals surface area contributed by atoms with Gasteiger partial charge in [-0.25, -0.2) is 0 Å². The van der Waals surface area contributed by atoms with Crippen LogP contribution in [-0.2, 0) is 11.3 Å². The van der Waals surface area contributed by atoms with E-state index in [1.54, 1.807) is 4.90 Å². The lowest BCUT2D eigenvalue weighted by Crippen LogP contribution is -2.38. The third kappa shape index (κ3) is 5.21. The van der Waals surface area contributed by atoms with E-state index < -0.39 is 0 Å². The molecule has 0 radical (unpaired) electrons. The third-order valence-electron chi connectivity index (χ3n) is 3.51. The molecule has 112 valence electrons. The van der Waals surface area contributed by atoms with Gasteiger partial charge in [-0.05, 0) is 31.0 Å². The molecule has 0 saturated carbocycles. The number of nitrogens with one attached hydrogen (secondary N) is 1. The van der Waals surface area contributed by atoms with Crippen molar-refractivity contribution in [1.82, 2.24) is 10.2 Å². The average molecular weight is 277 g/mol. The number of hydrogen-bond acceptors (Lipinski definition) is 3. The third-order valence-corrected chi connectivity index (χ3v) is 3.51. The van der Waals surface area contributed by atoms with Gasteiger partial charge in [-0.1, -0.05) is 19.1 Å². The van der Waals surface area contributed by atoms with Gasteiger partial charge in [-0.2, -0.15) is 0 Å². The number of rotatable bonds is 7. The Hall–Kier alpha value is -1.55. The zero-order valence-electron chi connectivity index (χ0n) is 13.3. The van der Waals surface area contributed by atoms with Gasteiger partial charge < -0.3 is 15.1 Å². The molecule has 1 atom stereocenters. The highest BCUT2D eigenvalue weighted by Crippen LogP contribution is 2.13. The summed E-state index contributed by atoms with van der Waals surface area (Å²) < 4.78 is 0. The van der Waals surface area contributed by atoms with Crippen molar-refractivity contribution >= 4 is 11.6 Å². The minimum absolute atomic E-state index is 0.127. The molecular formula is C16H27N3O. The largest absolute Gasteiger partial charge is 0.378 e. The van der Waals surface area contributed by atoms with Crippen LogP contribution < -0.4 is 10.2 Å². The van der Waals surface area contributed by atoms with Crippen molar-refractivity contribution < 1.29 is 4.79 Å². The summed E-state index contributed by atoms with van der Waals surface area (Å²) >= 11 is 0. The first-order valence-corrected chi connectivity index (χ1v) is 7.17. The van der Waals surface area contributed by atoms with Crippen LogP contribution in [0.25, 0.3) is 0 Å². The Bertz CT molecular complexity index is 414. The predicted octanol–water partition coefficient (Wildman–Crippen LogP) is 2.10. The molecule has 1 aromatic carbocycles. The molecule has 1 aromatic rings. The first-order valence-electron chi connectivity index (χ1n) is 7.17. The molecule has 0 bridgehead atoms. The Kier molecular flexibility index (Phi) is 6.52. The van der Waals surface area contributed by atoms with E-state index in [0.29, 0.717) is 19.1 Å². The van der Waals surface area contributed by atoms with Crippen LogP contribution in [0.1, 0.15) is 25.8 Å². The highest BCUT2D eigenvalue weighted by Gasteiger charge is 2.10. The van der Waals surface area contributed by atoms with E-state index in [4.69, 9.17) is 0 Å². The molecule has 0 spiro atoms. The second-order valence-electron chi connectivity index (χ2n) is 5.50. The molecule has 1 N–H and O–H groups in total. The van der Waals surface area contributed by atoms with Crippen LogP contribution in [0.3, 0.4) is 0 Å². The minimum atomic E-state index is 0.127. The second-order valence-corrected chi connectivity index (χ2v) is 5.50. The van der Waals surface area contributed by atoms with E-state index in [9.17, 15) is 4.79 Å². The molecule has 0 saturated heterocycles. The molecule has 20 heavy (non-hydrogen) atoms. The molecular weight excluding hydrogens is 250 g/mol. The number of carbonyl (C=O) groups excluding carboxylic acids is 1. The summed E-state index contributed by atoms with van der Waals surface area (Å²) in [6.45, 7) is 5.25. The summed E-state index contributed by atoms with van der Waals surface area (Å²) in [4.78, 5) is 15.8. The highest BCUT2D eigenvalue weighted by atomic mass is 16.2. The van der Waals surface area contributed by atoms with Gasteiger partial charge in [0, 0.05) is 39.4 Å². The van der Waals surface area contributed by atoms with Crippen molar-refractivity contribution in [2.45, 2.75) is 32.9 Å². The van der Waals surface area contributed by atoms with Gasteiger partial charge in [0.15, 0.2) is 0 Å². The summed E-state index contributed by atoms with van der Waals surface area (Å²) in [6, 6.07) is 8.67. The lowest BCUT2D eigenvalue weighted by atomic mass is 10.2. The molecule has 0 heterocycles. The van der Waals surface area contributed by atoms with E-state index in [1.165, 1.54) is 5.69 Å². The first kappa shape index (κ1) is 16.5. The second kappa shape index (κ2) is 7.90. The van der Waals surface area contributed by atoms with Gasteiger partial charge in [-0.3, -0.25) is 4.79 Å². The van der Waals surface area contributed by atoms with Crippen LogP contribution >= 0.6 is 0 Å². The van der Waals surface area contributed by atoms with Crippen molar-refractivity contribution in [3.8, 4) is 0 Å². The molecule has 4 heteroatoms. The van der Waals surface area contributed by atoms with Crippen molar-refractivity contribution in [2.75, 3.05) is 32.6 Å². The van der Waals surface area contributed by atoms with Crippen LogP contribution in [0.4, 0.5) is 5.69 Å². The van der Waals surface area contributed by atoms with E-state index in [-0.39, 0.29) is 5.91 Å². The van der Waals surface area contributed by atoms with E-state index in [1.807, 2.05) is 21.1 Å².